The number of alkyl carbamates (subject to hydrolysis) is 1. The molecule has 1 unspecified atom stereocenters. The Hall–Kier alpha value is -2.31. The molecular weight excluding hydrogens is 320 g/mol. The van der Waals surface area contributed by atoms with Crippen LogP contribution in [-0.2, 0) is 11.3 Å². The number of carbonyl (C=O) groups is 2. The van der Waals surface area contributed by atoms with Crippen LogP contribution in [0, 0.1) is 5.92 Å². The van der Waals surface area contributed by atoms with E-state index in [0.29, 0.717) is 19.6 Å². The highest BCUT2D eigenvalue weighted by atomic mass is 16.6. The van der Waals surface area contributed by atoms with Crippen LogP contribution in [0.15, 0.2) is 24.4 Å². The first-order valence-electron chi connectivity index (χ1n) is 8.73. The number of aromatic nitrogens is 1. The van der Waals surface area contributed by atoms with Gasteiger partial charge in [0.1, 0.15) is 5.60 Å². The van der Waals surface area contributed by atoms with Crippen LogP contribution in [0.4, 0.5) is 9.59 Å². The molecule has 0 radical (unpaired) electrons. The van der Waals surface area contributed by atoms with Gasteiger partial charge in [0.15, 0.2) is 0 Å². The van der Waals surface area contributed by atoms with E-state index in [-0.39, 0.29) is 11.9 Å². The fourth-order valence-corrected chi connectivity index (χ4v) is 2.74. The highest BCUT2D eigenvalue weighted by Crippen LogP contribution is 2.16. The Balaban J connectivity index is 1.74. The van der Waals surface area contributed by atoms with Crippen LogP contribution < -0.4 is 10.6 Å². The van der Waals surface area contributed by atoms with Crippen LogP contribution in [0.1, 0.15) is 39.3 Å². The molecule has 1 fully saturated rings. The van der Waals surface area contributed by atoms with Crippen LogP contribution in [0.3, 0.4) is 0 Å². The van der Waals surface area contributed by atoms with Gasteiger partial charge in [-0.25, -0.2) is 9.59 Å². The summed E-state index contributed by atoms with van der Waals surface area (Å²) in [6.07, 6.45) is 3.21. The third-order valence-corrected chi connectivity index (χ3v) is 3.89. The van der Waals surface area contributed by atoms with E-state index in [0.717, 1.165) is 25.1 Å². The SMILES string of the molecule is CC(C)(C)OC(=O)NCC1CCCN(C(=O)NCc2ccccn2)C1. The van der Waals surface area contributed by atoms with Crippen LogP contribution in [0.2, 0.25) is 0 Å². The van der Waals surface area contributed by atoms with E-state index in [1.165, 1.54) is 0 Å². The Bertz CT molecular complexity index is 571. The lowest BCUT2D eigenvalue weighted by molar-refractivity contribution is 0.0511. The largest absolute Gasteiger partial charge is 0.444 e. The van der Waals surface area contributed by atoms with Crippen molar-refractivity contribution in [2.45, 2.75) is 45.8 Å². The summed E-state index contributed by atoms with van der Waals surface area (Å²) in [4.78, 5) is 30.1. The van der Waals surface area contributed by atoms with Crippen molar-refractivity contribution in [2.24, 2.45) is 5.92 Å². The van der Waals surface area contributed by atoms with Crippen LogP contribution >= 0.6 is 0 Å². The summed E-state index contributed by atoms with van der Waals surface area (Å²) in [5.41, 5.74) is 0.324. The first-order chi connectivity index (χ1) is 11.8. The maximum atomic E-state index is 12.3. The second-order valence-electron chi connectivity index (χ2n) is 7.32. The van der Waals surface area contributed by atoms with Crippen molar-refractivity contribution < 1.29 is 14.3 Å². The zero-order valence-corrected chi connectivity index (χ0v) is 15.2. The minimum absolute atomic E-state index is 0.0902. The van der Waals surface area contributed by atoms with E-state index >= 15 is 0 Å². The molecule has 25 heavy (non-hydrogen) atoms. The van der Waals surface area contributed by atoms with Crippen molar-refractivity contribution in [1.29, 1.82) is 0 Å². The Morgan fingerprint density at radius 3 is 2.80 bits per heavy atom. The summed E-state index contributed by atoms with van der Waals surface area (Å²) < 4.78 is 5.24. The minimum Gasteiger partial charge on any atom is -0.444 e. The smallest absolute Gasteiger partial charge is 0.407 e. The first kappa shape index (κ1) is 19.0. The number of amides is 3. The average Bonchev–Trinajstić information content (AvgIpc) is 2.57. The van der Waals surface area contributed by atoms with E-state index in [2.05, 4.69) is 15.6 Å². The molecule has 0 spiro atoms. The Kier molecular flexibility index (Phi) is 6.61. The molecule has 2 rings (SSSR count). The molecule has 1 atom stereocenters. The van der Waals surface area contributed by atoms with Crippen molar-refractivity contribution in [3.8, 4) is 0 Å². The number of urea groups is 1. The molecule has 1 aromatic heterocycles. The van der Waals surface area contributed by atoms with Gasteiger partial charge in [-0.3, -0.25) is 4.98 Å². The number of carbonyl (C=O) groups excluding carboxylic acids is 2. The lowest BCUT2D eigenvalue weighted by atomic mass is 9.98. The van der Waals surface area contributed by atoms with Gasteiger partial charge >= 0.3 is 12.1 Å². The molecule has 3 amide bonds. The summed E-state index contributed by atoms with van der Waals surface area (Å²) in [6, 6.07) is 5.53. The van der Waals surface area contributed by atoms with Gasteiger partial charge in [0.05, 0.1) is 12.2 Å². The highest BCUT2D eigenvalue weighted by molar-refractivity contribution is 5.74. The number of hydrogen-bond donors (Lipinski definition) is 2. The molecule has 7 heteroatoms. The quantitative estimate of drug-likeness (QED) is 0.876. The number of piperidine rings is 1. The van der Waals surface area contributed by atoms with Crippen molar-refractivity contribution >= 4 is 12.1 Å². The molecule has 138 valence electrons. The van der Waals surface area contributed by atoms with Crippen molar-refractivity contribution in [3.05, 3.63) is 30.1 Å². The molecule has 0 saturated carbocycles. The average molecular weight is 348 g/mol. The van der Waals surface area contributed by atoms with Crippen LogP contribution in [-0.4, -0.2) is 47.2 Å². The molecule has 1 aliphatic rings. The summed E-state index contributed by atoms with van der Waals surface area (Å²) >= 11 is 0. The number of likely N-dealkylation sites (tertiary alicyclic amines) is 1. The standard InChI is InChI=1S/C18H28N4O3/c1-18(2,3)25-17(24)21-11-14-7-6-10-22(13-14)16(23)20-12-15-8-4-5-9-19-15/h4-5,8-9,14H,6-7,10-13H2,1-3H3,(H,20,23)(H,21,24). The van der Waals surface area contributed by atoms with Crippen molar-refractivity contribution in [1.82, 2.24) is 20.5 Å². The zero-order chi connectivity index (χ0) is 18.3. The summed E-state index contributed by atoms with van der Waals surface area (Å²) in [6.45, 7) is 7.79. The van der Waals surface area contributed by atoms with E-state index in [1.54, 1.807) is 11.1 Å². The number of ether oxygens (including phenoxy) is 1. The fourth-order valence-electron chi connectivity index (χ4n) is 2.74. The predicted octanol–water partition coefficient (Wildman–Crippen LogP) is 2.53. The molecule has 1 saturated heterocycles. The van der Waals surface area contributed by atoms with Gasteiger partial charge < -0.3 is 20.3 Å². The summed E-state index contributed by atoms with van der Waals surface area (Å²) in [5, 5.41) is 5.69. The maximum Gasteiger partial charge on any atom is 0.407 e. The lowest BCUT2D eigenvalue weighted by Crippen LogP contribution is -2.47. The lowest BCUT2D eigenvalue weighted by Gasteiger charge is -2.33. The molecular formula is C18H28N4O3. The van der Waals surface area contributed by atoms with E-state index < -0.39 is 11.7 Å². The third-order valence-electron chi connectivity index (χ3n) is 3.89. The van der Waals surface area contributed by atoms with E-state index in [4.69, 9.17) is 4.74 Å². The van der Waals surface area contributed by atoms with Crippen molar-refractivity contribution in [3.63, 3.8) is 0 Å². The summed E-state index contributed by atoms with van der Waals surface area (Å²) in [5.74, 6) is 0.238. The number of nitrogens with zero attached hydrogens (tertiary/aromatic N) is 2. The summed E-state index contributed by atoms with van der Waals surface area (Å²) in [7, 11) is 0. The molecule has 2 heterocycles. The molecule has 0 aromatic carbocycles. The Morgan fingerprint density at radius 1 is 1.32 bits per heavy atom. The predicted molar refractivity (Wildman–Crippen MR) is 95.0 cm³/mol. The topological polar surface area (TPSA) is 83.6 Å². The Morgan fingerprint density at radius 2 is 2.12 bits per heavy atom. The molecule has 1 aromatic rings. The molecule has 7 nitrogen and oxygen atoms in total. The van der Waals surface area contributed by atoms with Gasteiger partial charge in [-0.05, 0) is 51.7 Å². The number of hydrogen-bond acceptors (Lipinski definition) is 4. The second-order valence-corrected chi connectivity index (χ2v) is 7.32. The van der Waals surface area contributed by atoms with Gasteiger partial charge in [-0.15, -0.1) is 0 Å². The minimum atomic E-state index is -0.506. The Labute approximate surface area is 149 Å². The number of nitrogens with one attached hydrogen (secondary N) is 2. The molecule has 2 N–H and O–H groups in total. The van der Waals surface area contributed by atoms with Gasteiger partial charge in [0, 0.05) is 25.8 Å². The molecule has 0 aliphatic carbocycles. The fraction of sp³-hybridized carbons (Fsp3) is 0.611. The number of pyridine rings is 1. The normalized spacial score (nSPS) is 17.7. The zero-order valence-electron chi connectivity index (χ0n) is 15.2. The molecule has 0 bridgehead atoms. The van der Waals surface area contributed by atoms with E-state index in [1.807, 2.05) is 39.0 Å². The third kappa shape index (κ3) is 6.99. The van der Waals surface area contributed by atoms with Crippen LogP contribution in [0.25, 0.3) is 0 Å². The monoisotopic (exact) mass is 348 g/mol. The van der Waals surface area contributed by atoms with Crippen molar-refractivity contribution in [2.75, 3.05) is 19.6 Å². The van der Waals surface area contributed by atoms with Crippen LogP contribution in [0.5, 0.6) is 0 Å². The first-order valence-corrected chi connectivity index (χ1v) is 8.73. The molecule has 1 aliphatic heterocycles. The van der Waals surface area contributed by atoms with E-state index in [9.17, 15) is 9.59 Å². The second kappa shape index (κ2) is 8.69. The van der Waals surface area contributed by atoms with Gasteiger partial charge in [0.25, 0.3) is 0 Å². The maximum absolute atomic E-state index is 12.3. The van der Waals surface area contributed by atoms with Gasteiger partial charge in [-0.2, -0.15) is 0 Å². The highest BCUT2D eigenvalue weighted by Gasteiger charge is 2.24. The van der Waals surface area contributed by atoms with Gasteiger partial charge in [0.2, 0.25) is 0 Å². The number of rotatable bonds is 4. The van der Waals surface area contributed by atoms with Gasteiger partial charge in [-0.1, -0.05) is 6.07 Å².